The van der Waals surface area contributed by atoms with Crippen molar-refractivity contribution in [3.63, 3.8) is 0 Å². The highest BCUT2D eigenvalue weighted by molar-refractivity contribution is 7.66. The summed E-state index contributed by atoms with van der Waals surface area (Å²) in [5.41, 5.74) is 15.0. The first-order valence-corrected chi connectivity index (χ1v) is 18.1. The van der Waals surface area contributed by atoms with Crippen molar-refractivity contribution < 1.29 is 55.5 Å². The molecule has 2 aliphatic rings. The Labute approximate surface area is 271 Å². The average Bonchev–Trinajstić information content (AvgIpc) is 3.57. The van der Waals surface area contributed by atoms with Gasteiger partial charge in [-0.15, -0.1) is 0 Å². The van der Waals surface area contributed by atoms with Crippen molar-refractivity contribution in [3.8, 4) is 0 Å². The van der Waals surface area contributed by atoms with Crippen LogP contribution in [-0.2, 0) is 40.8 Å². The van der Waals surface area contributed by atoms with Gasteiger partial charge in [0, 0.05) is 46.2 Å². The normalized spacial score (nSPS) is 27.3. The van der Waals surface area contributed by atoms with Gasteiger partial charge >= 0.3 is 34.8 Å². The molecule has 8 atom stereocenters. The van der Waals surface area contributed by atoms with Gasteiger partial charge < -0.3 is 24.2 Å². The number of aromatic nitrogens is 4. The molecule has 0 amide bonds. The fraction of sp³-hybridized carbons (Fsp3) is 0.600. The van der Waals surface area contributed by atoms with E-state index in [0.717, 1.165) is 9.13 Å². The summed E-state index contributed by atoms with van der Waals surface area (Å²) in [6.45, 7) is 0.909. The molecule has 0 aliphatic carbocycles. The van der Waals surface area contributed by atoms with Crippen molar-refractivity contribution in [1.82, 2.24) is 19.1 Å². The first kappa shape index (κ1) is 38.1. The summed E-state index contributed by atoms with van der Waals surface area (Å²) in [5.74, 6) is 0. The van der Waals surface area contributed by atoms with Gasteiger partial charge in [0.05, 0.1) is 37.5 Å². The highest BCUT2D eigenvalue weighted by Gasteiger charge is 2.45. The van der Waals surface area contributed by atoms with Crippen LogP contribution in [0.5, 0.6) is 0 Å². The molecule has 4 heterocycles. The van der Waals surface area contributed by atoms with Crippen LogP contribution < -0.4 is 22.5 Å². The van der Waals surface area contributed by atoms with Crippen LogP contribution in [-0.4, -0.2) is 71.3 Å². The van der Waals surface area contributed by atoms with Gasteiger partial charge in [-0.2, -0.15) is 8.62 Å². The largest absolute Gasteiger partial charge is 0.490 e. The van der Waals surface area contributed by atoms with E-state index in [2.05, 4.69) is 47.7 Å². The second-order valence-electron chi connectivity index (χ2n) is 10.4. The van der Waals surface area contributed by atoms with Crippen molar-refractivity contribution in [2.45, 2.75) is 63.4 Å². The van der Waals surface area contributed by atoms with Crippen molar-refractivity contribution >= 4 is 23.5 Å². The lowest BCUT2D eigenvalue weighted by atomic mass is 10.1. The lowest BCUT2D eigenvalue weighted by Gasteiger charge is -2.21. The number of rotatable bonds is 14. The van der Waals surface area contributed by atoms with Crippen LogP contribution in [0.15, 0.2) is 41.8 Å². The highest BCUT2D eigenvalue weighted by atomic mass is 31.3. The van der Waals surface area contributed by atoms with E-state index in [1.54, 1.807) is 0 Å². The van der Waals surface area contributed by atoms with Crippen molar-refractivity contribution in [1.29, 1.82) is 0 Å². The highest BCUT2D eigenvalue weighted by Crippen LogP contribution is 2.67. The van der Waals surface area contributed by atoms with Crippen molar-refractivity contribution in [2.75, 3.05) is 13.2 Å². The van der Waals surface area contributed by atoms with E-state index in [-0.39, 0.29) is 24.0 Å². The van der Waals surface area contributed by atoms with Crippen LogP contribution >= 0.6 is 23.5 Å². The molecule has 2 aromatic heterocycles. The minimum atomic E-state index is -5.95. The Balaban J connectivity index is 1.36. The molecule has 0 saturated carbocycles. The van der Waals surface area contributed by atoms with E-state index in [1.165, 1.54) is 26.2 Å². The number of H-pyrrole nitrogens is 2. The van der Waals surface area contributed by atoms with E-state index < -0.39 is 95.9 Å². The van der Waals surface area contributed by atoms with E-state index in [4.69, 9.17) is 20.5 Å². The summed E-state index contributed by atoms with van der Waals surface area (Å²) in [6.07, 6.45) is -2.97. The SMILES string of the molecule is Cc1cn([C@H]2C[C@H](N=[N+]=[N-])[C@@H](COP(=O)(O)OP(=O)(O)OP(=O)(O)OC[C@H]3O[C@@H](n4cc(C)c(=O)[nH]c4=O)C[C@@H]3N=[N+]=[N-])O2)c(=O)[nH]c1=O. The maximum absolute atomic E-state index is 12.5. The molecule has 5 N–H and O–H groups in total. The molecule has 2 aromatic rings. The van der Waals surface area contributed by atoms with Crippen LogP contribution in [0.1, 0.15) is 36.4 Å². The standard InChI is InChI=1S/C20H27N10O16P3/c1-9-5-29(19(33)23-17(9)31)15-3-11(25-27-21)13(43-15)7-41-47(35,36)45-49(39,40)46-48(37,38)42-8-14-12(26-28-22)4-16(44-14)30-6-10(2)18(32)24-20(30)34/h5-6,11-16H,3-4,7-8H2,1-2H3,(H,35,36)(H,37,38)(H,39,40)(H,23,31,33)(H,24,32,34)/t11-,12-,13+,14+,15+,16+/m0/s1. The van der Waals surface area contributed by atoms with Gasteiger partial charge in [-0.05, 0) is 24.9 Å². The van der Waals surface area contributed by atoms with Gasteiger partial charge in [0.2, 0.25) is 0 Å². The van der Waals surface area contributed by atoms with Crippen LogP contribution in [0.4, 0.5) is 0 Å². The molecule has 0 spiro atoms. The molecular formula is C20H27N10O16P3. The number of ether oxygens (including phenoxy) is 2. The minimum Gasteiger partial charge on any atom is -0.352 e. The van der Waals surface area contributed by atoms with Gasteiger partial charge in [-0.3, -0.25) is 37.7 Å². The zero-order chi connectivity index (χ0) is 36.3. The Morgan fingerprint density at radius 3 is 1.49 bits per heavy atom. The van der Waals surface area contributed by atoms with Gasteiger partial charge in [-0.1, -0.05) is 10.2 Å². The number of nitrogens with zero attached hydrogens (tertiary/aromatic N) is 8. The maximum Gasteiger partial charge on any atom is 0.490 e. The molecule has 2 unspecified atom stereocenters. The van der Waals surface area contributed by atoms with Gasteiger partial charge in [0.1, 0.15) is 12.5 Å². The molecule has 49 heavy (non-hydrogen) atoms. The third-order valence-corrected chi connectivity index (χ3v) is 11.2. The minimum absolute atomic E-state index is 0.133. The third-order valence-electron chi connectivity index (χ3n) is 6.94. The Morgan fingerprint density at radius 2 is 1.14 bits per heavy atom. The molecule has 268 valence electrons. The monoisotopic (exact) mass is 756 g/mol. The lowest BCUT2D eigenvalue weighted by molar-refractivity contribution is -0.0279. The smallest absolute Gasteiger partial charge is 0.352 e. The third kappa shape index (κ3) is 9.73. The number of nitrogens with one attached hydrogen (secondary N) is 2. The summed E-state index contributed by atoms with van der Waals surface area (Å²) in [4.78, 5) is 87.1. The molecule has 2 aliphatic heterocycles. The van der Waals surface area contributed by atoms with Crippen molar-refractivity contribution in [3.05, 3.63) is 86.1 Å². The average molecular weight is 756 g/mol. The zero-order valence-corrected chi connectivity index (χ0v) is 27.7. The van der Waals surface area contributed by atoms with E-state index >= 15 is 0 Å². The molecule has 29 heteroatoms. The van der Waals surface area contributed by atoms with E-state index in [1.807, 2.05) is 0 Å². The molecule has 0 aromatic carbocycles. The lowest BCUT2D eigenvalue weighted by Crippen LogP contribution is -2.33. The summed E-state index contributed by atoms with van der Waals surface area (Å²) in [6, 6.07) is -2.23. The maximum atomic E-state index is 12.5. The zero-order valence-electron chi connectivity index (χ0n) is 25.0. The van der Waals surface area contributed by atoms with Gasteiger partial charge in [0.15, 0.2) is 0 Å². The molecule has 2 saturated heterocycles. The molecule has 0 bridgehead atoms. The Hall–Kier alpha value is -3.69. The molecule has 26 nitrogen and oxygen atoms in total. The summed E-state index contributed by atoms with van der Waals surface area (Å²) in [7, 11) is -17.2. The Bertz CT molecular complexity index is 1930. The summed E-state index contributed by atoms with van der Waals surface area (Å²) >= 11 is 0. The first-order chi connectivity index (χ1) is 22.8. The predicted molar refractivity (Wildman–Crippen MR) is 159 cm³/mol. The first-order valence-electron chi connectivity index (χ1n) is 13.6. The Kier molecular flexibility index (Phi) is 11.7. The van der Waals surface area contributed by atoms with Crippen LogP contribution in [0.3, 0.4) is 0 Å². The number of phosphoric acid groups is 3. The van der Waals surface area contributed by atoms with Gasteiger partial charge in [-0.25, -0.2) is 23.3 Å². The summed E-state index contributed by atoms with van der Waals surface area (Å²) in [5, 5.41) is 6.94. The number of aryl methyl sites for hydroxylation is 2. The fourth-order valence-electron chi connectivity index (χ4n) is 4.71. The molecule has 2 fully saturated rings. The second kappa shape index (κ2) is 15.1. The molecular weight excluding hydrogens is 729 g/mol. The molecule has 0 radical (unpaired) electrons. The van der Waals surface area contributed by atoms with E-state index in [0.29, 0.717) is 0 Å². The number of hydrogen-bond acceptors (Lipinski definition) is 15. The fourth-order valence-corrected chi connectivity index (χ4v) is 8.23. The quantitative estimate of drug-likeness (QED) is 0.0776. The van der Waals surface area contributed by atoms with Crippen molar-refractivity contribution in [2.24, 2.45) is 10.2 Å². The number of aromatic amines is 2. The molecule has 4 rings (SSSR count). The predicted octanol–water partition coefficient (Wildman–Crippen LogP) is 1.00. The summed E-state index contributed by atoms with van der Waals surface area (Å²) < 4.78 is 67.8. The van der Waals surface area contributed by atoms with Crippen LogP contribution in [0.2, 0.25) is 0 Å². The van der Waals surface area contributed by atoms with E-state index in [9.17, 15) is 47.6 Å². The number of azide groups is 2. The number of hydrogen-bond donors (Lipinski definition) is 5. The second-order valence-corrected chi connectivity index (χ2v) is 15.0. The topological polar surface area (TPSA) is 375 Å². The van der Waals surface area contributed by atoms with Crippen LogP contribution in [0, 0.1) is 13.8 Å². The van der Waals surface area contributed by atoms with Crippen LogP contribution in [0.25, 0.3) is 20.9 Å². The number of phosphoric ester groups is 2. The Morgan fingerprint density at radius 1 is 0.776 bits per heavy atom. The van der Waals surface area contributed by atoms with Gasteiger partial charge in [0.25, 0.3) is 11.1 Å².